The minimum atomic E-state index is 0.355. The van der Waals surface area contributed by atoms with E-state index >= 15 is 0 Å². The van der Waals surface area contributed by atoms with Crippen molar-refractivity contribution < 1.29 is 0 Å². The first-order chi connectivity index (χ1) is 5.63. The van der Waals surface area contributed by atoms with E-state index in [4.69, 9.17) is 5.73 Å². The molecule has 0 amide bonds. The van der Waals surface area contributed by atoms with Gasteiger partial charge in [-0.2, -0.15) is 0 Å². The van der Waals surface area contributed by atoms with Crippen molar-refractivity contribution in [1.29, 1.82) is 0 Å². The number of hydrogen-bond donors (Lipinski definition) is 1. The first-order valence-corrected chi connectivity index (χ1v) is 5.39. The zero-order valence-corrected chi connectivity index (χ0v) is 9.14. The van der Waals surface area contributed by atoms with E-state index in [0.29, 0.717) is 12.0 Å². The third kappa shape index (κ3) is 4.10. The molecule has 1 heteroatoms. The van der Waals surface area contributed by atoms with E-state index in [-0.39, 0.29) is 0 Å². The molecule has 0 fully saturated rings. The van der Waals surface area contributed by atoms with Gasteiger partial charge in [-0.15, -0.1) is 0 Å². The van der Waals surface area contributed by atoms with Crippen LogP contribution in [0.15, 0.2) is 0 Å². The van der Waals surface area contributed by atoms with Gasteiger partial charge >= 0.3 is 0 Å². The van der Waals surface area contributed by atoms with Gasteiger partial charge in [0.15, 0.2) is 0 Å². The van der Waals surface area contributed by atoms with Crippen LogP contribution in [0.5, 0.6) is 0 Å². The topological polar surface area (TPSA) is 26.0 Å². The molecule has 0 spiro atoms. The van der Waals surface area contributed by atoms with Crippen LogP contribution in [0.1, 0.15) is 53.4 Å². The number of hydrogen-bond acceptors (Lipinski definition) is 1. The molecule has 0 radical (unpaired) electrons. The maximum atomic E-state index is 5.90. The van der Waals surface area contributed by atoms with Crippen molar-refractivity contribution in [3.05, 3.63) is 0 Å². The van der Waals surface area contributed by atoms with Crippen LogP contribution < -0.4 is 5.73 Å². The van der Waals surface area contributed by atoms with E-state index in [0.717, 1.165) is 5.92 Å². The summed E-state index contributed by atoms with van der Waals surface area (Å²) in [6, 6.07) is 0.355. The van der Waals surface area contributed by atoms with Gasteiger partial charge in [0.25, 0.3) is 0 Å². The zero-order valence-electron chi connectivity index (χ0n) is 9.14. The Morgan fingerprint density at radius 3 is 1.67 bits per heavy atom. The fourth-order valence-electron chi connectivity index (χ4n) is 1.84. The molecule has 0 bridgehead atoms. The highest BCUT2D eigenvalue weighted by Gasteiger charge is 2.18. The van der Waals surface area contributed by atoms with Crippen LogP contribution in [0.2, 0.25) is 0 Å². The van der Waals surface area contributed by atoms with E-state index in [1.54, 1.807) is 0 Å². The molecule has 0 aromatic heterocycles. The summed E-state index contributed by atoms with van der Waals surface area (Å²) in [7, 11) is 0. The average Bonchev–Trinajstić information content (AvgIpc) is 2.03. The number of rotatable bonds is 6. The highest BCUT2D eigenvalue weighted by atomic mass is 14.6. The van der Waals surface area contributed by atoms with Gasteiger partial charge in [-0.25, -0.2) is 0 Å². The van der Waals surface area contributed by atoms with E-state index in [1.165, 1.54) is 25.7 Å². The van der Waals surface area contributed by atoms with Gasteiger partial charge < -0.3 is 5.73 Å². The van der Waals surface area contributed by atoms with Gasteiger partial charge in [-0.3, -0.25) is 0 Å². The van der Waals surface area contributed by atoms with Crippen LogP contribution in [-0.4, -0.2) is 6.04 Å². The van der Waals surface area contributed by atoms with Crippen molar-refractivity contribution in [2.45, 2.75) is 59.4 Å². The Balaban J connectivity index is 3.89. The molecule has 0 heterocycles. The first-order valence-electron chi connectivity index (χ1n) is 5.39. The highest BCUT2D eigenvalue weighted by molar-refractivity contribution is 4.72. The maximum Gasteiger partial charge on any atom is 0.00387 e. The zero-order chi connectivity index (χ0) is 9.56. The fourth-order valence-corrected chi connectivity index (χ4v) is 1.84. The molecule has 0 saturated heterocycles. The van der Waals surface area contributed by atoms with Crippen molar-refractivity contribution in [1.82, 2.24) is 0 Å². The van der Waals surface area contributed by atoms with Crippen LogP contribution in [-0.2, 0) is 0 Å². The summed E-state index contributed by atoms with van der Waals surface area (Å²) in [4.78, 5) is 0. The van der Waals surface area contributed by atoms with Crippen molar-refractivity contribution in [2.24, 2.45) is 17.6 Å². The second-order valence-electron chi connectivity index (χ2n) is 4.06. The molecule has 0 aliphatic carbocycles. The van der Waals surface area contributed by atoms with Crippen molar-refractivity contribution >= 4 is 0 Å². The summed E-state index contributed by atoms with van der Waals surface area (Å²) in [6.07, 6.45) is 5.27. The van der Waals surface area contributed by atoms with Crippen molar-refractivity contribution in [3.8, 4) is 0 Å². The quantitative estimate of drug-likeness (QED) is 0.652. The van der Waals surface area contributed by atoms with Crippen LogP contribution in [0, 0.1) is 11.8 Å². The molecule has 74 valence electrons. The molecule has 2 N–H and O–H groups in total. The lowest BCUT2D eigenvalue weighted by atomic mass is 9.83. The fraction of sp³-hybridized carbons (Fsp3) is 1.00. The van der Waals surface area contributed by atoms with E-state index < -0.39 is 0 Å². The molecule has 0 aliphatic rings. The van der Waals surface area contributed by atoms with Gasteiger partial charge in [-0.05, 0) is 18.8 Å². The van der Waals surface area contributed by atoms with Crippen LogP contribution in [0.4, 0.5) is 0 Å². The molecule has 0 saturated carbocycles. The molecule has 12 heavy (non-hydrogen) atoms. The summed E-state index contributed by atoms with van der Waals surface area (Å²) < 4.78 is 0. The Morgan fingerprint density at radius 1 is 1.00 bits per heavy atom. The molecule has 0 aliphatic heterocycles. The first kappa shape index (κ1) is 12.0. The second kappa shape index (κ2) is 6.47. The summed E-state index contributed by atoms with van der Waals surface area (Å²) in [6.45, 7) is 8.94. The Hall–Kier alpha value is -0.0400. The summed E-state index contributed by atoms with van der Waals surface area (Å²) in [5, 5.41) is 0. The molecule has 2 unspecified atom stereocenters. The third-order valence-electron chi connectivity index (χ3n) is 2.89. The SMILES string of the molecule is CCCC(CCC)C(C)C(C)N. The summed E-state index contributed by atoms with van der Waals surface area (Å²) >= 11 is 0. The Bertz CT molecular complexity index is 93.2. The van der Waals surface area contributed by atoms with Gasteiger partial charge in [0.05, 0.1) is 0 Å². The summed E-state index contributed by atoms with van der Waals surface area (Å²) in [5.74, 6) is 1.53. The lowest BCUT2D eigenvalue weighted by Crippen LogP contribution is -2.30. The Morgan fingerprint density at radius 2 is 1.42 bits per heavy atom. The maximum absolute atomic E-state index is 5.90. The normalized spacial score (nSPS) is 16.5. The van der Waals surface area contributed by atoms with E-state index in [2.05, 4.69) is 27.7 Å². The van der Waals surface area contributed by atoms with Gasteiger partial charge in [-0.1, -0.05) is 46.5 Å². The molecule has 1 nitrogen and oxygen atoms in total. The van der Waals surface area contributed by atoms with Gasteiger partial charge in [0.2, 0.25) is 0 Å². The molecular weight excluding hydrogens is 146 g/mol. The monoisotopic (exact) mass is 171 g/mol. The lowest BCUT2D eigenvalue weighted by Gasteiger charge is -2.26. The molecule has 0 rings (SSSR count). The predicted octanol–water partition coefficient (Wildman–Crippen LogP) is 3.19. The van der Waals surface area contributed by atoms with E-state index in [1.807, 2.05) is 0 Å². The smallest absolute Gasteiger partial charge is 0.00387 e. The standard InChI is InChI=1S/C11H25N/c1-5-7-11(8-6-2)9(3)10(4)12/h9-11H,5-8,12H2,1-4H3. The number of nitrogens with two attached hydrogens (primary N) is 1. The molecule has 0 aromatic carbocycles. The van der Waals surface area contributed by atoms with Crippen LogP contribution in [0.25, 0.3) is 0 Å². The lowest BCUT2D eigenvalue weighted by molar-refractivity contribution is 0.276. The third-order valence-corrected chi connectivity index (χ3v) is 2.89. The van der Waals surface area contributed by atoms with Gasteiger partial charge in [0.1, 0.15) is 0 Å². The van der Waals surface area contributed by atoms with E-state index in [9.17, 15) is 0 Å². The summed E-state index contributed by atoms with van der Waals surface area (Å²) in [5.41, 5.74) is 5.90. The van der Waals surface area contributed by atoms with Crippen molar-refractivity contribution in [2.75, 3.05) is 0 Å². The molecule has 2 atom stereocenters. The van der Waals surface area contributed by atoms with Crippen molar-refractivity contribution in [3.63, 3.8) is 0 Å². The highest BCUT2D eigenvalue weighted by Crippen LogP contribution is 2.24. The predicted molar refractivity (Wildman–Crippen MR) is 56.1 cm³/mol. The second-order valence-corrected chi connectivity index (χ2v) is 4.06. The van der Waals surface area contributed by atoms with Gasteiger partial charge in [0, 0.05) is 6.04 Å². The Kier molecular flexibility index (Phi) is 6.45. The van der Waals surface area contributed by atoms with Crippen LogP contribution in [0.3, 0.4) is 0 Å². The average molecular weight is 171 g/mol. The van der Waals surface area contributed by atoms with Crippen LogP contribution >= 0.6 is 0 Å². The molecular formula is C11H25N. The Labute approximate surface area is 77.7 Å². The molecule has 0 aromatic rings. The minimum absolute atomic E-state index is 0.355. The minimum Gasteiger partial charge on any atom is -0.328 e. The largest absolute Gasteiger partial charge is 0.328 e.